The number of carboxylic acid groups (broad SMARTS) is 1. The Morgan fingerprint density at radius 2 is 1.82 bits per heavy atom. The average Bonchev–Trinajstić information content (AvgIpc) is 2.71. The smallest absolute Gasteiger partial charge is 0.313 e. The highest BCUT2D eigenvalue weighted by molar-refractivity contribution is 5.78. The molecular weight excluding hydrogens is 352 g/mol. The van der Waals surface area contributed by atoms with Gasteiger partial charge in [0.15, 0.2) is 0 Å². The maximum atomic E-state index is 12.3. The van der Waals surface area contributed by atoms with Crippen molar-refractivity contribution in [1.29, 1.82) is 0 Å². The van der Waals surface area contributed by atoms with Gasteiger partial charge in [0, 0.05) is 25.0 Å². The lowest BCUT2D eigenvalue weighted by Gasteiger charge is -2.43. The van der Waals surface area contributed by atoms with Gasteiger partial charge in [-0.2, -0.15) is 0 Å². The van der Waals surface area contributed by atoms with Crippen LogP contribution in [-0.2, 0) is 17.8 Å². The van der Waals surface area contributed by atoms with Gasteiger partial charge < -0.3 is 10.2 Å². The van der Waals surface area contributed by atoms with Gasteiger partial charge in [0.25, 0.3) is 0 Å². The van der Waals surface area contributed by atoms with Crippen molar-refractivity contribution in [2.24, 2.45) is 5.41 Å². The van der Waals surface area contributed by atoms with E-state index in [0.717, 1.165) is 22.2 Å². The summed E-state index contributed by atoms with van der Waals surface area (Å²) in [6, 6.07) is 21.5. The number of carbonyl (C=O) groups is 1. The number of benzene rings is 2. The van der Waals surface area contributed by atoms with Crippen molar-refractivity contribution in [3.05, 3.63) is 78.0 Å². The van der Waals surface area contributed by atoms with Gasteiger partial charge >= 0.3 is 5.97 Å². The van der Waals surface area contributed by atoms with Crippen LogP contribution in [0.2, 0.25) is 0 Å². The number of rotatable bonds is 5. The van der Waals surface area contributed by atoms with Crippen LogP contribution < -0.4 is 0 Å². The van der Waals surface area contributed by atoms with Gasteiger partial charge in [0.1, 0.15) is 5.41 Å². The average molecular weight is 376 g/mol. The third-order valence-electron chi connectivity index (χ3n) is 5.69. The summed E-state index contributed by atoms with van der Waals surface area (Å²) in [7, 11) is 0. The number of nitrogens with zero attached hydrogens (tertiary/aromatic N) is 2. The van der Waals surface area contributed by atoms with Crippen molar-refractivity contribution in [2.75, 3.05) is 13.1 Å². The number of pyridine rings is 1. The summed E-state index contributed by atoms with van der Waals surface area (Å²) < 4.78 is 0. The van der Waals surface area contributed by atoms with E-state index in [1.807, 2.05) is 66.7 Å². The van der Waals surface area contributed by atoms with Gasteiger partial charge in [-0.05, 0) is 30.5 Å². The highest BCUT2D eigenvalue weighted by atomic mass is 16.4. The molecular formula is C23H24N2O3. The molecule has 4 rings (SSSR count). The van der Waals surface area contributed by atoms with Crippen molar-refractivity contribution in [3.8, 4) is 0 Å². The number of para-hydroxylation sites is 1. The van der Waals surface area contributed by atoms with Crippen LogP contribution >= 0.6 is 0 Å². The first-order valence-corrected chi connectivity index (χ1v) is 9.59. The SMILES string of the molecule is O=C(O)[C@]1(Cc2ccccc2)CN(Cc2ccc3ccccc3n2)CC[C@@H]1O. The monoisotopic (exact) mass is 376 g/mol. The molecule has 0 unspecified atom stereocenters. The molecule has 0 spiro atoms. The van der Waals surface area contributed by atoms with Crippen LogP contribution in [0.1, 0.15) is 17.7 Å². The summed E-state index contributed by atoms with van der Waals surface area (Å²) in [5.41, 5.74) is 1.56. The summed E-state index contributed by atoms with van der Waals surface area (Å²) in [6.07, 6.45) is -0.121. The Bertz CT molecular complexity index is 976. The van der Waals surface area contributed by atoms with Crippen LogP contribution in [0.5, 0.6) is 0 Å². The number of carboxylic acids is 1. The number of hydrogen-bond acceptors (Lipinski definition) is 4. The Morgan fingerprint density at radius 1 is 1.07 bits per heavy atom. The lowest BCUT2D eigenvalue weighted by atomic mass is 9.73. The fourth-order valence-electron chi connectivity index (χ4n) is 4.14. The van der Waals surface area contributed by atoms with Crippen molar-refractivity contribution < 1.29 is 15.0 Å². The summed E-state index contributed by atoms with van der Waals surface area (Å²) in [5, 5.41) is 21.8. The number of aliphatic hydroxyl groups is 1. The molecule has 144 valence electrons. The van der Waals surface area contributed by atoms with Crippen LogP contribution in [0, 0.1) is 5.41 Å². The molecule has 2 N–H and O–H groups in total. The summed E-state index contributed by atoms with van der Waals surface area (Å²) in [6.45, 7) is 1.52. The number of aliphatic hydroxyl groups excluding tert-OH is 1. The molecule has 1 aromatic heterocycles. The van der Waals surface area contributed by atoms with Crippen LogP contribution in [0.3, 0.4) is 0 Å². The molecule has 0 radical (unpaired) electrons. The van der Waals surface area contributed by atoms with Crippen molar-refractivity contribution >= 4 is 16.9 Å². The highest BCUT2D eigenvalue weighted by Crippen LogP contribution is 2.35. The van der Waals surface area contributed by atoms with Crippen LogP contribution in [0.25, 0.3) is 10.9 Å². The molecule has 2 heterocycles. The minimum absolute atomic E-state index is 0.299. The van der Waals surface area contributed by atoms with E-state index in [1.165, 1.54) is 0 Å². The number of likely N-dealkylation sites (tertiary alicyclic amines) is 1. The number of fused-ring (bicyclic) bond motifs is 1. The largest absolute Gasteiger partial charge is 0.481 e. The zero-order valence-electron chi connectivity index (χ0n) is 15.7. The Kier molecular flexibility index (Phi) is 5.11. The zero-order valence-corrected chi connectivity index (χ0v) is 15.7. The maximum Gasteiger partial charge on any atom is 0.313 e. The van der Waals surface area contributed by atoms with Crippen molar-refractivity contribution in [2.45, 2.75) is 25.5 Å². The molecule has 1 fully saturated rings. The van der Waals surface area contributed by atoms with E-state index in [1.54, 1.807) is 0 Å². The second-order valence-electron chi connectivity index (χ2n) is 7.63. The number of aliphatic carboxylic acids is 1. The second kappa shape index (κ2) is 7.70. The summed E-state index contributed by atoms with van der Waals surface area (Å²) in [4.78, 5) is 19.1. The van der Waals surface area contributed by atoms with Crippen molar-refractivity contribution in [1.82, 2.24) is 9.88 Å². The van der Waals surface area contributed by atoms with Gasteiger partial charge in [-0.15, -0.1) is 0 Å². The zero-order chi connectivity index (χ0) is 19.6. The predicted molar refractivity (Wildman–Crippen MR) is 108 cm³/mol. The minimum Gasteiger partial charge on any atom is -0.481 e. The van der Waals surface area contributed by atoms with E-state index >= 15 is 0 Å². The fourth-order valence-corrected chi connectivity index (χ4v) is 4.14. The number of piperidine rings is 1. The Hall–Kier alpha value is -2.76. The topological polar surface area (TPSA) is 73.7 Å². The normalized spacial score (nSPS) is 23.0. The summed E-state index contributed by atoms with van der Waals surface area (Å²) >= 11 is 0. The molecule has 2 atom stereocenters. The van der Waals surface area contributed by atoms with Crippen LogP contribution in [0.15, 0.2) is 66.7 Å². The van der Waals surface area contributed by atoms with E-state index in [9.17, 15) is 15.0 Å². The van der Waals surface area contributed by atoms with E-state index < -0.39 is 17.5 Å². The Balaban J connectivity index is 1.57. The van der Waals surface area contributed by atoms with Gasteiger partial charge in [-0.25, -0.2) is 0 Å². The van der Waals surface area contributed by atoms with Gasteiger partial charge in [-0.3, -0.25) is 14.7 Å². The molecule has 5 heteroatoms. The molecule has 0 bridgehead atoms. The third-order valence-corrected chi connectivity index (χ3v) is 5.69. The number of hydrogen-bond donors (Lipinski definition) is 2. The van der Waals surface area contributed by atoms with Gasteiger partial charge in [0.2, 0.25) is 0 Å². The molecule has 0 amide bonds. The van der Waals surface area contributed by atoms with Crippen molar-refractivity contribution in [3.63, 3.8) is 0 Å². The Morgan fingerprint density at radius 3 is 2.61 bits per heavy atom. The van der Waals surface area contributed by atoms with Crippen LogP contribution in [0.4, 0.5) is 0 Å². The molecule has 1 aliphatic heterocycles. The first-order chi connectivity index (χ1) is 13.6. The predicted octanol–water partition coefficient (Wildman–Crippen LogP) is 3.12. The van der Waals surface area contributed by atoms with E-state index in [2.05, 4.69) is 4.90 Å². The molecule has 2 aromatic carbocycles. The standard InChI is InChI=1S/C23H24N2O3/c26-21-12-13-25(15-19-11-10-18-8-4-5-9-20(18)24-19)16-23(21,22(27)28)14-17-6-2-1-3-7-17/h1-11,21,26H,12-16H2,(H,27,28)/t21-,23+/m0/s1. The molecule has 0 saturated carbocycles. The molecule has 1 aliphatic rings. The maximum absolute atomic E-state index is 12.3. The Labute approximate surface area is 164 Å². The minimum atomic E-state index is -1.21. The van der Waals surface area contributed by atoms with E-state index in [4.69, 9.17) is 4.98 Å². The molecule has 28 heavy (non-hydrogen) atoms. The van der Waals surface area contributed by atoms with Gasteiger partial charge in [-0.1, -0.05) is 54.6 Å². The van der Waals surface area contributed by atoms with Gasteiger partial charge in [0.05, 0.1) is 17.3 Å². The van der Waals surface area contributed by atoms with E-state index in [-0.39, 0.29) is 0 Å². The second-order valence-corrected chi connectivity index (χ2v) is 7.63. The van der Waals surface area contributed by atoms with Crippen LogP contribution in [-0.4, -0.2) is 45.3 Å². The lowest BCUT2D eigenvalue weighted by Crippen LogP contribution is -2.56. The molecule has 5 nitrogen and oxygen atoms in total. The highest BCUT2D eigenvalue weighted by Gasteiger charge is 2.49. The summed E-state index contributed by atoms with van der Waals surface area (Å²) in [5.74, 6) is -0.944. The number of aromatic nitrogens is 1. The first kappa shape index (κ1) is 18.6. The molecule has 1 saturated heterocycles. The molecule has 3 aromatic rings. The quantitative estimate of drug-likeness (QED) is 0.716. The lowest BCUT2D eigenvalue weighted by molar-refractivity contribution is -0.163. The fraction of sp³-hybridized carbons (Fsp3) is 0.304. The van der Waals surface area contributed by atoms with E-state index in [0.29, 0.717) is 32.5 Å². The third kappa shape index (κ3) is 3.63. The first-order valence-electron chi connectivity index (χ1n) is 9.59. The molecule has 0 aliphatic carbocycles.